The highest BCUT2D eigenvalue weighted by Gasteiger charge is 1.89. The van der Waals surface area contributed by atoms with Crippen molar-refractivity contribution in [2.24, 2.45) is 0 Å². The summed E-state index contributed by atoms with van der Waals surface area (Å²) in [5.41, 5.74) is 6.42. The molecule has 0 aliphatic heterocycles. The number of carbonyl (C=O) groups is 1. The predicted octanol–water partition coefficient (Wildman–Crippen LogP) is 0.549. The van der Waals surface area contributed by atoms with E-state index < -0.39 is 5.91 Å². The van der Waals surface area contributed by atoms with Crippen molar-refractivity contribution < 1.29 is 4.79 Å². The van der Waals surface area contributed by atoms with Crippen LogP contribution in [0.2, 0.25) is 0 Å². The average molecular weight is 118 g/mol. The first-order chi connectivity index (χ1) is 3.27. The molecule has 0 aromatic rings. The summed E-state index contributed by atoms with van der Waals surface area (Å²) in [6.45, 7) is 1.97. The Morgan fingerprint density at radius 3 is 2.57 bits per heavy atom. The highest BCUT2D eigenvalue weighted by atomic mass is 32.2. The zero-order valence-electron chi connectivity index (χ0n) is 4.23. The van der Waals surface area contributed by atoms with Gasteiger partial charge in [0.05, 0.1) is 5.75 Å². The van der Waals surface area contributed by atoms with Gasteiger partial charge in [-0.3, -0.25) is 10.5 Å². The van der Waals surface area contributed by atoms with E-state index in [1.54, 1.807) is 0 Å². The Hall–Kier alpha value is -0.180. The number of hydrogen-bond acceptors (Lipinski definition) is 2. The molecule has 0 bridgehead atoms. The largest absolute Gasteiger partial charge is 0.272 e. The van der Waals surface area contributed by atoms with E-state index in [0.717, 1.165) is 5.75 Å². The molecule has 1 N–H and O–H groups in total. The lowest BCUT2D eigenvalue weighted by molar-refractivity contribution is -0.116. The Kier molecular flexibility index (Phi) is 3.89. The van der Waals surface area contributed by atoms with Gasteiger partial charge in [-0.15, -0.1) is 0 Å². The maximum atomic E-state index is 9.85. The lowest BCUT2D eigenvalue weighted by atomic mass is 10.8. The van der Waals surface area contributed by atoms with Gasteiger partial charge in [-0.05, 0) is 5.75 Å². The van der Waals surface area contributed by atoms with E-state index in [1.807, 2.05) is 6.92 Å². The molecule has 0 aliphatic rings. The molecule has 0 fully saturated rings. The molecular formula is C4H8NOS. The first-order valence-corrected chi connectivity index (χ1v) is 3.25. The topological polar surface area (TPSA) is 40.9 Å². The van der Waals surface area contributed by atoms with Gasteiger partial charge in [0.1, 0.15) is 0 Å². The molecule has 0 saturated heterocycles. The van der Waals surface area contributed by atoms with Gasteiger partial charge in [0.25, 0.3) is 0 Å². The van der Waals surface area contributed by atoms with Crippen molar-refractivity contribution >= 4 is 17.7 Å². The molecule has 0 saturated carbocycles. The Labute approximate surface area is 47.5 Å². The summed E-state index contributed by atoms with van der Waals surface area (Å²) in [4.78, 5) is 9.85. The van der Waals surface area contributed by atoms with Crippen LogP contribution in [0.5, 0.6) is 0 Å². The lowest BCUT2D eigenvalue weighted by Gasteiger charge is -1.86. The molecule has 1 radical (unpaired) electrons. The van der Waals surface area contributed by atoms with E-state index in [1.165, 1.54) is 11.8 Å². The van der Waals surface area contributed by atoms with E-state index >= 15 is 0 Å². The van der Waals surface area contributed by atoms with Gasteiger partial charge >= 0.3 is 0 Å². The van der Waals surface area contributed by atoms with Crippen molar-refractivity contribution in [3.8, 4) is 0 Å². The summed E-state index contributed by atoms with van der Waals surface area (Å²) in [5.74, 6) is 0.785. The molecule has 0 spiro atoms. The molecule has 41 valence electrons. The standard InChI is InChI=1S/C4H8NOS/c1-2-7-3-4(5)6/h5H,2-3H2,1H3. The highest BCUT2D eigenvalue weighted by Crippen LogP contribution is 1.94. The molecule has 1 amide bonds. The van der Waals surface area contributed by atoms with Crippen molar-refractivity contribution in [3.63, 3.8) is 0 Å². The molecule has 0 aromatic heterocycles. The van der Waals surface area contributed by atoms with Crippen molar-refractivity contribution in [3.05, 3.63) is 0 Å². The second-order valence-electron chi connectivity index (χ2n) is 1.06. The molecule has 0 heterocycles. The van der Waals surface area contributed by atoms with E-state index in [0.29, 0.717) is 5.75 Å². The lowest BCUT2D eigenvalue weighted by Crippen LogP contribution is -2.00. The molecule has 7 heavy (non-hydrogen) atoms. The second kappa shape index (κ2) is 3.99. The summed E-state index contributed by atoms with van der Waals surface area (Å²) < 4.78 is 0. The maximum Gasteiger partial charge on any atom is 0.248 e. The summed E-state index contributed by atoms with van der Waals surface area (Å²) in [6.07, 6.45) is 0. The van der Waals surface area contributed by atoms with Gasteiger partial charge in [-0.1, -0.05) is 6.92 Å². The van der Waals surface area contributed by atoms with Crippen molar-refractivity contribution in [2.75, 3.05) is 11.5 Å². The quantitative estimate of drug-likeness (QED) is 0.543. The number of carbonyl (C=O) groups excluding carboxylic acids is 1. The molecule has 2 nitrogen and oxygen atoms in total. The van der Waals surface area contributed by atoms with Gasteiger partial charge in [-0.2, -0.15) is 11.8 Å². The number of thioether (sulfide) groups is 1. The van der Waals surface area contributed by atoms with Gasteiger partial charge < -0.3 is 0 Å². The van der Waals surface area contributed by atoms with E-state index in [-0.39, 0.29) is 0 Å². The van der Waals surface area contributed by atoms with Crippen LogP contribution >= 0.6 is 11.8 Å². The minimum absolute atomic E-state index is 0.344. The molecular weight excluding hydrogens is 110 g/mol. The Bertz CT molecular complexity index is 64.7. The number of hydrogen-bond donors (Lipinski definition) is 0. The summed E-state index contributed by atoms with van der Waals surface area (Å²) in [7, 11) is 0. The fourth-order valence-corrected chi connectivity index (χ4v) is 0.584. The van der Waals surface area contributed by atoms with E-state index in [9.17, 15) is 4.79 Å². The van der Waals surface area contributed by atoms with Crippen LogP contribution in [0.3, 0.4) is 0 Å². The number of rotatable bonds is 3. The smallest absolute Gasteiger partial charge is 0.248 e. The Morgan fingerprint density at radius 2 is 2.43 bits per heavy atom. The predicted molar refractivity (Wildman–Crippen MR) is 31.1 cm³/mol. The van der Waals surface area contributed by atoms with Crippen LogP contribution in [-0.2, 0) is 4.79 Å². The van der Waals surface area contributed by atoms with Crippen LogP contribution in [-0.4, -0.2) is 17.4 Å². The van der Waals surface area contributed by atoms with Crippen molar-refractivity contribution in [2.45, 2.75) is 6.92 Å². The van der Waals surface area contributed by atoms with Gasteiger partial charge in [0.15, 0.2) is 0 Å². The SMILES string of the molecule is CCSCC([NH])=O. The molecule has 0 aliphatic carbocycles. The number of amides is 1. The highest BCUT2D eigenvalue weighted by molar-refractivity contribution is 7.99. The zero-order valence-corrected chi connectivity index (χ0v) is 5.05. The minimum atomic E-state index is -0.480. The Morgan fingerprint density at radius 1 is 1.86 bits per heavy atom. The normalized spacial score (nSPS) is 8.71. The fraction of sp³-hybridized carbons (Fsp3) is 0.750. The first-order valence-electron chi connectivity index (χ1n) is 2.09. The summed E-state index contributed by atoms with van der Waals surface area (Å²) in [6, 6.07) is 0. The fourth-order valence-electron chi connectivity index (χ4n) is 0.195. The molecule has 0 atom stereocenters. The second-order valence-corrected chi connectivity index (χ2v) is 2.33. The van der Waals surface area contributed by atoms with Crippen LogP contribution in [0.15, 0.2) is 0 Å². The molecule has 3 heteroatoms. The maximum absolute atomic E-state index is 9.85. The van der Waals surface area contributed by atoms with Crippen LogP contribution in [0.25, 0.3) is 0 Å². The van der Waals surface area contributed by atoms with Crippen LogP contribution in [0, 0.1) is 0 Å². The average Bonchev–Trinajstić information content (AvgIpc) is 1.61. The summed E-state index contributed by atoms with van der Waals surface area (Å²) >= 11 is 1.48. The monoisotopic (exact) mass is 118 g/mol. The first kappa shape index (κ1) is 6.82. The van der Waals surface area contributed by atoms with Crippen LogP contribution in [0.1, 0.15) is 6.92 Å². The third-order valence-corrected chi connectivity index (χ3v) is 1.31. The Balaban J connectivity index is 2.82. The van der Waals surface area contributed by atoms with E-state index in [4.69, 9.17) is 5.73 Å². The van der Waals surface area contributed by atoms with Crippen LogP contribution < -0.4 is 5.73 Å². The zero-order chi connectivity index (χ0) is 5.70. The molecule has 0 unspecified atom stereocenters. The van der Waals surface area contributed by atoms with Crippen molar-refractivity contribution in [1.29, 1.82) is 0 Å². The third kappa shape index (κ3) is 5.82. The molecule has 0 rings (SSSR count). The van der Waals surface area contributed by atoms with Crippen molar-refractivity contribution in [1.82, 2.24) is 5.73 Å². The van der Waals surface area contributed by atoms with E-state index in [2.05, 4.69) is 0 Å². The van der Waals surface area contributed by atoms with Gasteiger partial charge in [0.2, 0.25) is 5.91 Å². The van der Waals surface area contributed by atoms with Gasteiger partial charge in [0, 0.05) is 0 Å². The third-order valence-electron chi connectivity index (χ3n) is 0.437. The minimum Gasteiger partial charge on any atom is -0.272 e. The van der Waals surface area contributed by atoms with Crippen LogP contribution in [0.4, 0.5) is 0 Å². The van der Waals surface area contributed by atoms with Gasteiger partial charge in [-0.25, -0.2) is 0 Å². The molecule has 0 aromatic carbocycles. The number of nitrogens with one attached hydrogen (secondary N) is 1. The summed E-state index contributed by atoms with van der Waals surface area (Å²) in [5, 5.41) is 0.